The first-order chi connectivity index (χ1) is 11.1. The smallest absolute Gasteiger partial charge is 0.387 e. The Kier molecular flexibility index (Phi) is 4.47. The molecule has 7 heteroatoms. The fraction of sp³-hybridized carbons (Fsp3) is 0.250. The number of hydrogen-bond donors (Lipinski definition) is 1. The van der Waals surface area contributed by atoms with Gasteiger partial charge in [0.2, 0.25) is 0 Å². The van der Waals surface area contributed by atoms with E-state index in [-0.39, 0.29) is 11.8 Å². The van der Waals surface area contributed by atoms with Gasteiger partial charge in [-0.2, -0.15) is 8.78 Å². The number of alkyl halides is 2. The first kappa shape index (κ1) is 15.4. The number of aromatic nitrogens is 3. The van der Waals surface area contributed by atoms with E-state index in [1.165, 1.54) is 12.1 Å². The highest BCUT2D eigenvalue weighted by molar-refractivity contribution is 5.37. The van der Waals surface area contributed by atoms with Gasteiger partial charge in [0.15, 0.2) is 11.5 Å². The summed E-state index contributed by atoms with van der Waals surface area (Å²) in [6, 6.07) is 12.3. The van der Waals surface area contributed by atoms with E-state index in [1.54, 1.807) is 12.1 Å². The largest absolute Gasteiger partial charge is 0.435 e. The van der Waals surface area contributed by atoms with Gasteiger partial charge in [0, 0.05) is 12.7 Å². The Morgan fingerprint density at radius 2 is 1.91 bits per heavy atom. The van der Waals surface area contributed by atoms with Gasteiger partial charge in [-0.1, -0.05) is 18.2 Å². The molecule has 1 atom stereocenters. The summed E-state index contributed by atoms with van der Waals surface area (Å²) < 4.78 is 30.5. The molecule has 23 heavy (non-hydrogen) atoms. The molecule has 120 valence electrons. The SMILES string of the molecule is CC(NCc1ccc(OC(F)F)cc1)c1nnc2ccccn12. The Balaban J connectivity index is 1.63. The highest BCUT2D eigenvalue weighted by atomic mass is 19.3. The van der Waals surface area contributed by atoms with Crippen molar-refractivity contribution in [2.75, 3.05) is 0 Å². The molecule has 3 rings (SSSR count). The zero-order chi connectivity index (χ0) is 16.2. The second-order valence-electron chi connectivity index (χ2n) is 5.11. The van der Waals surface area contributed by atoms with Crippen LogP contribution >= 0.6 is 0 Å². The number of ether oxygens (including phenoxy) is 1. The van der Waals surface area contributed by atoms with Crippen molar-refractivity contribution in [3.05, 3.63) is 60.0 Å². The van der Waals surface area contributed by atoms with Crippen molar-refractivity contribution >= 4 is 5.65 Å². The fourth-order valence-electron chi connectivity index (χ4n) is 2.31. The molecule has 0 radical (unpaired) electrons. The molecule has 1 unspecified atom stereocenters. The van der Waals surface area contributed by atoms with Gasteiger partial charge >= 0.3 is 6.61 Å². The third-order valence-corrected chi connectivity index (χ3v) is 3.49. The van der Waals surface area contributed by atoms with Gasteiger partial charge in [0.25, 0.3) is 0 Å². The van der Waals surface area contributed by atoms with Crippen molar-refractivity contribution < 1.29 is 13.5 Å². The van der Waals surface area contributed by atoms with Crippen LogP contribution in [0.3, 0.4) is 0 Å². The second-order valence-corrected chi connectivity index (χ2v) is 5.11. The van der Waals surface area contributed by atoms with Crippen LogP contribution in [0, 0.1) is 0 Å². The lowest BCUT2D eigenvalue weighted by molar-refractivity contribution is -0.0498. The van der Waals surface area contributed by atoms with E-state index in [0.717, 1.165) is 17.0 Å². The minimum Gasteiger partial charge on any atom is -0.435 e. The molecule has 0 aliphatic carbocycles. The zero-order valence-corrected chi connectivity index (χ0v) is 12.5. The number of nitrogens with zero attached hydrogens (tertiary/aromatic N) is 3. The van der Waals surface area contributed by atoms with E-state index < -0.39 is 6.61 Å². The van der Waals surface area contributed by atoms with Gasteiger partial charge in [-0.05, 0) is 36.8 Å². The molecule has 0 fully saturated rings. The number of fused-ring (bicyclic) bond motifs is 1. The van der Waals surface area contributed by atoms with Crippen molar-refractivity contribution in [3.8, 4) is 5.75 Å². The highest BCUT2D eigenvalue weighted by Gasteiger charge is 2.12. The average Bonchev–Trinajstić information content (AvgIpc) is 2.97. The van der Waals surface area contributed by atoms with E-state index in [4.69, 9.17) is 0 Å². The predicted molar refractivity (Wildman–Crippen MR) is 81.3 cm³/mol. The molecule has 5 nitrogen and oxygen atoms in total. The van der Waals surface area contributed by atoms with Crippen molar-refractivity contribution in [3.63, 3.8) is 0 Å². The van der Waals surface area contributed by atoms with E-state index in [0.29, 0.717) is 6.54 Å². The van der Waals surface area contributed by atoms with Crippen molar-refractivity contribution in [1.29, 1.82) is 0 Å². The van der Waals surface area contributed by atoms with E-state index in [1.807, 2.05) is 35.7 Å². The first-order valence-corrected chi connectivity index (χ1v) is 7.20. The minimum absolute atomic E-state index is 0.00982. The molecule has 1 aromatic carbocycles. The molecule has 2 heterocycles. The van der Waals surface area contributed by atoms with Crippen LogP contribution in [0.1, 0.15) is 24.4 Å². The summed E-state index contributed by atoms with van der Waals surface area (Å²) in [5.41, 5.74) is 1.76. The highest BCUT2D eigenvalue weighted by Crippen LogP contribution is 2.16. The van der Waals surface area contributed by atoms with Gasteiger partial charge in [-0.3, -0.25) is 4.40 Å². The second kappa shape index (κ2) is 6.70. The lowest BCUT2D eigenvalue weighted by Gasteiger charge is -2.12. The molecule has 0 saturated carbocycles. The Labute approximate surface area is 131 Å². The third kappa shape index (κ3) is 3.62. The molecule has 0 spiro atoms. The van der Waals surface area contributed by atoms with Crippen LogP contribution in [0.2, 0.25) is 0 Å². The topological polar surface area (TPSA) is 51.5 Å². The molecule has 2 aromatic heterocycles. The Morgan fingerprint density at radius 1 is 1.13 bits per heavy atom. The Hall–Kier alpha value is -2.54. The molecule has 3 aromatic rings. The summed E-state index contributed by atoms with van der Waals surface area (Å²) in [6.45, 7) is -0.226. The first-order valence-electron chi connectivity index (χ1n) is 7.20. The lowest BCUT2D eigenvalue weighted by atomic mass is 10.2. The van der Waals surface area contributed by atoms with E-state index in [9.17, 15) is 8.78 Å². The summed E-state index contributed by atoms with van der Waals surface area (Å²) >= 11 is 0. The number of nitrogens with one attached hydrogen (secondary N) is 1. The molecular weight excluding hydrogens is 302 g/mol. The molecule has 0 aliphatic rings. The normalized spacial score (nSPS) is 12.7. The third-order valence-electron chi connectivity index (χ3n) is 3.49. The summed E-state index contributed by atoms with van der Waals surface area (Å²) in [4.78, 5) is 0. The summed E-state index contributed by atoms with van der Waals surface area (Å²) in [5, 5.41) is 11.7. The van der Waals surface area contributed by atoms with Crippen LogP contribution in [0.25, 0.3) is 5.65 Å². The number of hydrogen-bond acceptors (Lipinski definition) is 4. The van der Waals surface area contributed by atoms with E-state index >= 15 is 0 Å². The maximum atomic E-state index is 12.1. The van der Waals surface area contributed by atoms with Gasteiger partial charge in [0.05, 0.1) is 6.04 Å². The van der Waals surface area contributed by atoms with Crippen LogP contribution in [-0.4, -0.2) is 21.2 Å². The van der Waals surface area contributed by atoms with E-state index in [2.05, 4.69) is 20.3 Å². The predicted octanol–water partition coefficient (Wildman–Crippen LogP) is 3.18. The standard InChI is InChI=1S/C16H16F2N4O/c1-11(15-21-20-14-4-2-3-9-22(14)15)19-10-12-5-7-13(8-6-12)23-16(17)18/h2-9,11,16,19H,10H2,1H3. The van der Waals surface area contributed by atoms with Crippen molar-refractivity contribution in [2.24, 2.45) is 0 Å². The average molecular weight is 318 g/mol. The quantitative estimate of drug-likeness (QED) is 0.758. The summed E-state index contributed by atoms with van der Waals surface area (Å²) in [7, 11) is 0. The van der Waals surface area contributed by atoms with Crippen molar-refractivity contribution in [2.45, 2.75) is 26.1 Å². The molecule has 0 saturated heterocycles. The van der Waals surface area contributed by atoms with Gasteiger partial charge < -0.3 is 10.1 Å². The maximum absolute atomic E-state index is 12.1. The number of rotatable bonds is 6. The number of benzene rings is 1. The minimum atomic E-state index is -2.81. The molecule has 0 aliphatic heterocycles. The molecular formula is C16H16F2N4O. The zero-order valence-electron chi connectivity index (χ0n) is 12.5. The Bertz CT molecular complexity index is 773. The van der Waals surface area contributed by atoms with Crippen LogP contribution in [0.15, 0.2) is 48.7 Å². The van der Waals surface area contributed by atoms with Crippen molar-refractivity contribution in [1.82, 2.24) is 19.9 Å². The fourth-order valence-corrected chi connectivity index (χ4v) is 2.31. The monoisotopic (exact) mass is 318 g/mol. The number of halogens is 2. The molecule has 1 N–H and O–H groups in total. The van der Waals surface area contributed by atoms with Gasteiger partial charge in [-0.25, -0.2) is 0 Å². The van der Waals surface area contributed by atoms with Crippen LogP contribution < -0.4 is 10.1 Å². The number of pyridine rings is 1. The molecule has 0 amide bonds. The van der Waals surface area contributed by atoms with Crippen LogP contribution in [0.5, 0.6) is 5.75 Å². The lowest BCUT2D eigenvalue weighted by Crippen LogP contribution is -2.20. The summed E-state index contributed by atoms with van der Waals surface area (Å²) in [6.07, 6.45) is 1.92. The molecule has 0 bridgehead atoms. The van der Waals surface area contributed by atoms with Gasteiger partial charge in [-0.15, -0.1) is 10.2 Å². The summed E-state index contributed by atoms with van der Waals surface area (Å²) in [5.74, 6) is 0.971. The van der Waals surface area contributed by atoms with Gasteiger partial charge in [0.1, 0.15) is 5.75 Å². The van der Waals surface area contributed by atoms with Crippen LogP contribution in [0.4, 0.5) is 8.78 Å². The maximum Gasteiger partial charge on any atom is 0.387 e. The Morgan fingerprint density at radius 3 is 2.65 bits per heavy atom. The van der Waals surface area contributed by atoms with Crippen LogP contribution in [-0.2, 0) is 6.54 Å².